The molecule has 152 valence electrons. The molecular weight excluding hydrogens is 412 g/mol. The largest absolute Gasteiger partial charge is 0.577 e. The molecule has 0 saturated heterocycles. The van der Waals surface area contributed by atoms with Crippen LogP contribution in [0.1, 0.15) is 0 Å². The molecule has 0 aromatic heterocycles. The molecule has 0 aromatic rings. The van der Waals surface area contributed by atoms with E-state index in [-0.39, 0.29) is 0 Å². The quantitative estimate of drug-likeness (QED) is 0.310. The van der Waals surface area contributed by atoms with Gasteiger partial charge in [0.15, 0.2) is 0 Å². The maximum Gasteiger partial charge on any atom is 0.0672 e. The van der Waals surface area contributed by atoms with Crippen LogP contribution in [0.5, 0.6) is 0 Å². The SMILES string of the molecule is [B-]P(C)(C)=C([Si](C)(C)C)[Si](C)(C)CC[Si](C)(C)C([Si](C)(C)C)=P([B-])(C)C. The minimum atomic E-state index is -1.47. The van der Waals surface area contributed by atoms with Crippen LogP contribution in [-0.2, 0) is 0 Å². The van der Waals surface area contributed by atoms with E-state index in [4.69, 9.17) is 15.1 Å². The van der Waals surface area contributed by atoms with Gasteiger partial charge in [-0.05, 0) is 0 Å². The number of hydrogen-bond acceptors (Lipinski definition) is 0. The monoisotopic (exact) mass is 458 g/mol. The van der Waals surface area contributed by atoms with Gasteiger partial charge in [-0.1, -0.05) is 104 Å². The Morgan fingerprint density at radius 3 is 0.846 bits per heavy atom. The van der Waals surface area contributed by atoms with E-state index in [1.807, 2.05) is 9.08 Å². The fraction of sp³-hybridized carbons (Fsp3) is 0.889. The third-order valence-corrected chi connectivity index (χ3v) is 39.6. The Morgan fingerprint density at radius 2 is 0.731 bits per heavy atom. The minimum absolute atomic E-state index is 1.35. The van der Waals surface area contributed by atoms with E-state index >= 15 is 0 Å². The lowest BCUT2D eigenvalue weighted by Gasteiger charge is -2.49. The molecule has 0 rings (SSSR count). The Balaban J connectivity index is 6.05. The highest BCUT2D eigenvalue weighted by Crippen LogP contribution is 2.45. The summed E-state index contributed by atoms with van der Waals surface area (Å²) >= 11 is 0. The summed E-state index contributed by atoms with van der Waals surface area (Å²) in [6, 6.07) is 2.81. The second-order valence-corrected chi connectivity index (χ2v) is 41.8. The zero-order chi connectivity index (χ0) is 21.6. The summed E-state index contributed by atoms with van der Waals surface area (Å²) in [6.45, 7) is 32.1. The highest BCUT2D eigenvalue weighted by Gasteiger charge is 2.39. The second-order valence-electron chi connectivity index (χ2n) is 12.5. The van der Waals surface area contributed by atoms with Gasteiger partial charge in [0, 0.05) is 0 Å². The molecule has 0 bridgehead atoms. The highest BCUT2D eigenvalue weighted by atomic mass is 31.2. The molecule has 0 fully saturated rings. The van der Waals surface area contributed by atoms with Crippen LogP contribution < -0.4 is 0 Å². The zero-order valence-electron chi connectivity index (χ0n) is 20.5. The summed E-state index contributed by atoms with van der Waals surface area (Å²) < 4.78 is 3.75. The van der Waals surface area contributed by atoms with Crippen LogP contribution in [0.3, 0.4) is 0 Å². The van der Waals surface area contributed by atoms with Crippen LogP contribution in [0.4, 0.5) is 0 Å². The van der Waals surface area contributed by atoms with E-state index in [0.29, 0.717) is 0 Å². The van der Waals surface area contributed by atoms with Crippen molar-refractivity contribution in [1.82, 2.24) is 0 Å². The predicted molar refractivity (Wildman–Crippen MR) is 150 cm³/mol. The van der Waals surface area contributed by atoms with Crippen molar-refractivity contribution < 1.29 is 0 Å². The fourth-order valence-electron chi connectivity index (χ4n) is 6.18. The molecule has 0 heterocycles. The lowest BCUT2D eigenvalue weighted by Crippen LogP contribution is -2.55. The van der Waals surface area contributed by atoms with Gasteiger partial charge < -0.3 is 28.7 Å². The summed E-state index contributed by atoms with van der Waals surface area (Å²) in [5, 5.41) is 0. The molecule has 0 amide bonds. The van der Waals surface area contributed by atoms with Gasteiger partial charge in [0.1, 0.15) is 0 Å². The predicted octanol–water partition coefficient (Wildman–Crippen LogP) is 6.30. The van der Waals surface area contributed by atoms with Crippen LogP contribution in [0.25, 0.3) is 0 Å². The number of hydrogen-bond donors (Lipinski definition) is 0. The van der Waals surface area contributed by atoms with E-state index < -0.39 is 45.8 Å². The Kier molecular flexibility index (Phi) is 8.90. The minimum Gasteiger partial charge on any atom is -0.577 e. The normalized spacial score (nSPS) is 15.2. The van der Waals surface area contributed by atoms with E-state index in [2.05, 4.69) is 92.1 Å². The lowest BCUT2D eigenvalue weighted by molar-refractivity contribution is 1.32. The molecular formula is C18H46B2P2Si4-2. The second kappa shape index (κ2) is 8.38. The first-order valence-electron chi connectivity index (χ1n) is 9.96. The summed E-state index contributed by atoms with van der Waals surface area (Å²) in [5.74, 6) is 0. The van der Waals surface area contributed by atoms with Gasteiger partial charge in [-0.3, -0.25) is 0 Å². The summed E-state index contributed by atoms with van der Waals surface area (Å²) in [7, 11) is 8.03. The van der Waals surface area contributed by atoms with E-state index in [1.165, 1.54) is 12.1 Å². The molecule has 6 radical (unpaired) electrons. The van der Waals surface area contributed by atoms with E-state index in [9.17, 15) is 0 Å². The van der Waals surface area contributed by atoms with Crippen LogP contribution >= 0.6 is 13.5 Å². The third kappa shape index (κ3) is 7.79. The summed E-state index contributed by atoms with van der Waals surface area (Å²) in [6.07, 6.45) is 0. The topological polar surface area (TPSA) is 0 Å². The van der Waals surface area contributed by atoms with Crippen LogP contribution in [0, 0.1) is 0 Å². The molecule has 0 aliphatic heterocycles. The molecule has 0 atom stereocenters. The van der Waals surface area contributed by atoms with Crippen molar-refractivity contribution >= 4 is 70.0 Å². The maximum absolute atomic E-state index is 6.83. The Hall–Kier alpha value is 1.60. The lowest BCUT2D eigenvalue weighted by atomic mass is 10.8. The van der Waals surface area contributed by atoms with Crippen LogP contribution in [0.15, 0.2) is 0 Å². The Labute approximate surface area is 173 Å². The molecule has 0 spiro atoms. The van der Waals surface area contributed by atoms with Crippen LogP contribution in [0.2, 0.25) is 77.6 Å². The molecule has 0 N–H and O–H groups in total. The highest BCUT2D eigenvalue weighted by molar-refractivity contribution is 8.03. The first-order chi connectivity index (χ1) is 10.9. The van der Waals surface area contributed by atoms with Crippen LogP contribution in [-0.4, -0.2) is 83.2 Å². The van der Waals surface area contributed by atoms with Gasteiger partial charge >= 0.3 is 0 Å². The average molecular weight is 458 g/mol. The van der Waals surface area contributed by atoms with Crippen molar-refractivity contribution in [1.29, 1.82) is 0 Å². The average Bonchev–Trinajstić information content (AvgIpc) is 2.15. The van der Waals surface area contributed by atoms with Gasteiger partial charge in [-0.2, -0.15) is 0 Å². The number of rotatable bonds is 7. The summed E-state index contributed by atoms with van der Waals surface area (Å²) in [5.41, 5.74) is 0. The molecule has 0 nitrogen and oxygen atoms in total. The fourth-order valence-corrected chi connectivity index (χ4v) is 55.6. The molecule has 0 aliphatic rings. The molecule has 26 heavy (non-hydrogen) atoms. The van der Waals surface area contributed by atoms with Gasteiger partial charge in [-0.25, -0.2) is 0 Å². The molecule has 8 heteroatoms. The Morgan fingerprint density at radius 1 is 0.538 bits per heavy atom. The smallest absolute Gasteiger partial charge is 0.0672 e. The van der Waals surface area contributed by atoms with Crippen molar-refractivity contribution in [2.24, 2.45) is 0 Å². The van der Waals surface area contributed by atoms with Gasteiger partial charge in [0.05, 0.1) is 32.3 Å². The van der Waals surface area contributed by atoms with Crippen molar-refractivity contribution in [3.05, 3.63) is 0 Å². The zero-order valence-corrected chi connectivity index (χ0v) is 26.3. The van der Waals surface area contributed by atoms with Crippen molar-refractivity contribution in [3.8, 4) is 0 Å². The van der Waals surface area contributed by atoms with Gasteiger partial charge in [-0.15, -0.1) is 9.08 Å². The standard InChI is InChI=1S/C18H46B2P2Si4/c1-21(2,19)17(23(5,6)7)25(11,12)15-16-26(13,14)18(22(3,4)20)24(8,9)10/h15-16H2,1-14H3/q-2. The maximum atomic E-state index is 6.83. The summed E-state index contributed by atoms with van der Waals surface area (Å²) in [4.78, 5) is 0. The van der Waals surface area contributed by atoms with Crippen molar-refractivity contribution in [2.45, 2.75) is 77.6 Å². The van der Waals surface area contributed by atoms with E-state index in [1.54, 1.807) is 0 Å². The first kappa shape index (κ1) is 27.6. The first-order valence-corrected chi connectivity index (χ1v) is 28.9. The molecule has 0 aliphatic carbocycles. The van der Waals surface area contributed by atoms with Gasteiger partial charge in [0.25, 0.3) is 0 Å². The molecule has 0 aromatic carbocycles. The van der Waals surface area contributed by atoms with Crippen molar-refractivity contribution in [2.75, 3.05) is 26.7 Å². The van der Waals surface area contributed by atoms with Crippen molar-refractivity contribution in [3.63, 3.8) is 0 Å². The van der Waals surface area contributed by atoms with E-state index in [0.717, 1.165) is 0 Å². The van der Waals surface area contributed by atoms with Gasteiger partial charge in [0.2, 0.25) is 0 Å². The molecule has 0 saturated carbocycles. The Bertz CT molecular complexity index is 554. The molecule has 0 unspecified atom stereocenters. The third-order valence-electron chi connectivity index (χ3n) is 5.23.